The number of rotatable bonds is 4. The molecule has 0 saturated heterocycles. The quantitative estimate of drug-likeness (QED) is 0.631. The van der Waals surface area contributed by atoms with Crippen LogP contribution in [0.25, 0.3) is 0 Å². The fourth-order valence-electron chi connectivity index (χ4n) is 1.17. The van der Waals surface area contributed by atoms with Crippen molar-refractivity contribution in [3.8, 4) is 0 Å². The SMILES string of the molecule is Nc1nonc1C(=O)NCCc1ncc[nH]1. The summed E-state index contributed by atoms with van der Waals surface area (Å²) in [4.78, 5) is 18.4. The molecule has 0 spiro atoms. The predicted molar refractivity (Wildman–Crippen MR) is 53.3 cm³/mol. The molecule has 0 radical (unpaired) electrons. The fraction of sp³-hybridized carbons (Fsp3) is 0.250. The first kappa shape index (κ1) is 10.1. The number of nitrogens with zero attached hydrogens (tertiary/aromatic N) is 3. The Balaban J connectivity index is 1.83. The smallest absolute Gasteiger partial charge is 0.277 e. The molecular formula is C8H10N6O2. The standard InChI is InChI=1S/C8H10N6O2/c9-7-6(13-16-14-7)8(15)12-2-1-5-10-3-4-11-5/h3-4H,1-2H2,(H2,9,14)(H,10,11)(H,12,15). The van der Waals surface area contributed by atoms with E-state index in [1.165, 1.54) is 0 Å². The van der Waals surface area contributed by atoms with Crippen molar-refractivity contribution < 1.29 is 9.42 Å². The first-order valence-corrected chi connectivity index (χ1v) is 4.62. The second-order valence-corrected chi connectivity index (χ2v) is 3.04. The number of aromatic amines is 1. The summed E-state index contributed by atoms with van der Waals surface area (Å²) in [5, 5.41) is 9.32. The van der Waals surface area contributed by atoms with Crippen LogP contribution in [0.2, 0.25) is 0 Å². The molecule has 0 bridgehead atoms. The van der Waals surface area contributed by atoms with E-state index >= 15 is 0 Å². The van der Waals surface area contributed by atoms with Gasteiger partial charge in [0.1, 0.15) is 5.82 Å². The van der Waals surface area contributed by atoms with E-state index in [9.17, 15) is 4.79 Å². The van der Waals surface area contributed by atoms with Gasteiger partial charge in [-0.25, -0.2) is 9.61 Å². The monoisotopic (exact) mass is 222 g/mol. The van der Waals surface area contributed by atoms with Gasteiger partial charge < -0.3 is 16.0 Å². The van der Waals surface area contributed by atoms with Crippen molar-refractivity contribution in [3.63, 3.8) is 0 Å². The van der Waals surface area contributed by atoms with Crippen LogP contribution in [0.1, 0.15) is 16.3 Å². The van der Waals surface area contributed by atoms with Crippen molar-refractivity contribution in [2.24, 2.45) is 0 Å². The van der Waals surface area contributed by atoms with Crippen molar-refractivity contribution in [2.45, 2.75) is 6.42 Å². The minimum Gasteiger partial charge on any atom is -0.379 e. The Morgan fingerprint density at radius 1 is 1.56 bits per heavy atom. The summed E-state index contributed by atoms with van der Waals surface area (Å²) < 4.78 is 4.31. The van der Waals surface area contributed by atoms with Crippen LogP contribution in [0.15, 0.2) is 17.0 Å². The summed E-state index contributed by atoms with van der Waals surface area (Å²) in [6.07, 6.45) is 3.97. The number of hydrogen-bond acceptors (Lipinski definition) is 6. The maximum atomic E-state index is 11.5. The summed E-state index contributed by atoms with van der Waals surface area (Å²) in [5.41, 5.74) is 5.36. The molecule has 0 aliphatic carbocycles. The van der Waals surface area contributed by atoms with E-state index in [1.807, 2.05) is 0 Å². The van der Waals surface area contributed by atoms with E-state index < -0.39 is 5.91 Å². The van der Waals surface area contributed by atoms with E-state index in [2.05, 4.69) is 30.2 Å². The predicted octanol–water partition coefficient (Wildman–Crippen LogP) is -0.653. The number of hydrogen-bond donors (Lipinski definition) is 3. The van der Waals surface area contributed by atoms with Gasteiger partial charge in [-0.2, -0.15) is 0 Å². The lowest BCUT2D eigenvalue weighted by Gasteiger charge is -2.00. The van der Waals surface area contributed by atoms with Gasteiger partial charge in [-0.3, -0.25) is 4.79 Å². The van der Waals surface area contributed by atoms with Crippen LogP contribution in [0.4, 0.5) is 5.82 Å². The van der Waals surface area contributed by atoms with Crippen molar-refractivity contribution in [1.82, 2.24) is 25.6 Å². The Kier molecular flexibility index (Phi) is 2.81. The molecule has 84 valence electrons. The molecule has 0 unspecified atom stereocenters. The number of carbonyl (C=O) groups is 1. The van der Waals surface area contributed by atoms with E-state index in [0.717, 1.165) is 5.82 Å². The maximum absolute atomic E-state index is 11.5. The molecule has 0 aromatic carbocycles. The zero-order valence-electron chi connectivity index (χ0n) is 8.30. The maximum Gasteiger partial charge on any atom is 0.277 e. The summed E-state index contributed by atoms with van der Waals surface area (Å²) >= 11 is 0. The van der Waals surface area contributed by atoms with Crippen LogP contribution < -0.4 is 11.1 Å². The van der Waals surface area contributed by atoms with Gasteiger partial charge in [0.05, 0.1) is 0 Å². The number of nitrogens with one attached hydrogen (secondary N) is 2. The van der Waals surface area contributed by atoms with Crippen LogP contribution in [0.5, 0.6) is 0 Å². The van der Waals surface area contributed by atoms with Gasteiger partial charge in [0, 0.05) is 25.4 Å². The second kappa shape index (κ2) is 4.43. The number of anilines is 1. The highest BCUT2D eigenvalue weighted by Gasteiger charge is 2.14. The minimum atomic E-state index is -0.412. The van der Waals surface area contributed by atoms with Crippen LogP contribution in [-0.4, -0.2) is 32.7 Å². The number of amides is 1. The largest absolute Gasteiger partial charge is 0.379 e. The van der Waals surface area contributed by atoms with E-state index in [4.69, 9.17) is 5.73 Å². The van der Waals surface area contributed by atoms with Gasteiger partial charge in [0.15, 0.2) is 0 Å². The van der Waals surface area contributed by atoms with E-state index in [1.54, 1.807) is 12.4 Å². The van der Waals surface area contributed by atoms with Crippen molar-refractivity contribution >= 4 is 11.7 Å². The molecule has 16 heavy (non-hydrogen) atoms. The lowest BCUT2D eigenvalue weighted by Crippen LogP contribution is -2.27. The number of nitrogens with two attached hydrogens (primary N) is 1. The Labute approximate surface area is 90.2 Å². The minimum absolute atomic E-state index is 0.000514. The molecule has 2 aromatic heterocycles. The normalized spacial score (nSPS) is 10.2. The highest BCUT2D eigenvalue weighted by molar-refractivity contribution is 5.95. The number of aromatic nitrogens is 4. The Morgan fingerprint density at radius 3 is 3.06 bits per heavy atom. The topological polar surface area (TPSA) is 123 Å². The number of nitrogen functional groups attached to an aromatic ring is 1. The molecule has 0 fully saturated rings. The molecule has 2 heterocycles. The molecule has 2 aromatic rings. The van der Waals surface area contributed by atoms with Gasteiger partial charge in [0.2, 0.25) is 11.5 Å². The lowest BCUT2D eigenvalue weighted by molar-refractivity contribution is 0.0945. The van der Waals surface area contributed by atoms with Gasteiger partial charge in [0.25, 0.3) is 5.91 Å². The van der Waals surface area contributed by atoms with Gasteiger partial charge in [-0.05, 0) is 10.3 Å². The third-order valence-electron chi connectivity index (χ3n) is 1.93. The molecule has 0 aliphatic heterocycles. The highest BCUT2D eigenvalue weighted by Crippen LogP contribution is 2.02. The van der Waals surface area contributed by atoms with Crippen molar-refractivity contribution in [2.75, 3.05) is 12.3 Å². The summed E-state index contributed by atoms with van der Waals surface area (Å²) in [7, 11) is 0. The zero-order chi connectivity index (χ0) is 11.4. The molecule has 8 heteroatoms. The van der Waals surface area contributed by atoms with Gasteiger partial charge >= 0.3 is 0 Å². The molecule has 1 amide bonds. The fourth-order valence-corrected chi connectivity index (χ4v) is 1.17. The van der Waals surface area contributed by atoms with Crippen molar-refractivity contribution in [3.05, 3.63) is 23.9 Å². The molecule has 8 nitrogen and oxygen atoms in total. The Hall–Kier alpha value is -2.38. The van der Waals surface area contributed by atoms with E-state index in [0.29, 0.717) is 13.0 Å². The third-order valence-corrected chi connectivity index (χ3v) is 1.93. The van der Waals surface area contributed by atoms with Crippen LogP contribution in [-0.2, 0) is 6.42 Å². The second-order valence-electron chi connectivity index (χ2n) is 3.04. The molecular weight excluding hydrogens is 212 g/mol. The molecule has 0 saturated carbocycles. The first-order valence-electron chi connectivity index (χ1n) is 4.62. The molecule has 0 aliphatic rings. The summed E-state index contributed by atoms with van der Waals surface area (Å²) in [6, 6.07) is 0. The molecule has 4 N–H and O–H groups in total. The van der Waals surface area contributed by atoms with E-state index in [-0.39, 0.29) is 11.5 Å². The summed E-state index contributed by atoms with van der Waals surface area (Å²) in [5.74, 6) is 0.368. The van der Waals surface area contributed by atoms with Crippen molar-refractivity contribution in [1.29, 1.82) is 0 Å². The molecule has 2 rings (SSSR count). The lowest BCUT2D eigenvalue weighted by atomic mass is 10.3. The first-order chi connectivity index (χ1) is 7.77. The Bertz CT molecular complexity index is 463. The zero-order valence-corrected chi connectivity index (χ0v) is 8.30. The summed E-state index contributed by atoms with van der Waals surface area (Å²) in [6.45, 7) is 0.429. The van der Waals surface area contributed by atoms with Crippen LogP contribution in [0, 0.1) is 0 Å². The number of H-pyrrole nitrogens is 1. The van der Waals surface area contributed by atoms with Crippen LogP contribution in [0.3, 0.4) is 0 Å². The third kappa shape index (κ3) is 2.16. The number of imidazole rings is 1. The number of carbonyl (C=O) groups excluding carboxylic acids is 1. The van der Waals surface area contributed by atoms with Gasteiger partial charge in [-0.1, -0.05) is 0 Å². The van der Waals surface area contributed by atoms with Gasteiger partial charge in [-0.15, -0.1) is 0 Å². The average Bonchev–Trinajstić information content (AvgIpc) is 2.88. The Morgan fingerprint density at radius 2 is 2.44 bits per heavy atom. The molecule has 0 atom stereocenters. The van der Waals surface area contributed by atoms with Crippen LogP contribution >= 0.6 is 0 Å². The highest BCUT2D eigenvalue weighted by atomic mass is 16.6. The average molecular weight is 222 g/mol.